The van der Waals surface area contributed by atoms with Crippen molar-refractivity contribution in [3.63, 3.8) is 0 Å². The van der Waals surface area contributed by atoms with Gasteiger partial charge < -0.3 is 5.32 Å². The summed E-state index contributed by atoms with van der Waals surface area (Å²) in [5, 5.41) is 9.28. The second kappa shape index (κ2) is 8.29. The van der Waals surface area contributed by atoms with Crippen molar-refractivity contribution in [2.45, 2.75) is 16.3 Å². The average molecular weight is 434 g/mol. The van der Waals surface area contributed by atoms with Gasteiger partial charge in [-0.3, -0.25) is 4.79 Å². The van der Waals surface area contributed by atoms with E-state index in [2.05, 4.69) is 10.0 Å². The smallest absolute Gasteiger partial charge is 0.241 e. The maximum atomic E-state index is 12.4. The number of carbonyl (C=O) groups is 1. The quantitative estimate of drug-likeness (QED) is 0.512. The number of fused-ring (bicyclic) bond motifs is 1. The lowest BCUT2D eigenvalue weighted by molar-refractivity contribution is -0.120. The fraction of sp³-hybridized carbons (Fsp3) is 0.105. The van der Waals surface area contributed by atoms with Crippen molar-refractivity contribution in [1.82, 2.24) is 10.0 Å². The number of carbonyl (C=O) groups excluding carboxylic acids is 1. The first kappa shape index (κ1) is 20.9. The molecule has 4 N–H and O–H groups in total. The van der Waals surface area contributed by atoms with E-state index in [1.165, 1.54) is 30.3 Å². The normalized spacial score (nSPS) is 12.0. The number of rotatable bonds is 7. The SMILES string of the molecule is NS(=O)(=O)c1ccc(CNC(=O)CNS(=O)(=O)c2ccc3ccccc3c2)cc1. The first-order valence-electron chi connectivity index (χ1n) is 8.52. The van der Waals surface area contributed by atoms with E-state index in [0.29, 0.717) is 5.56 Å². The number of hydrogen-bond acceptors (Lipinski definition) is 5. The second-order valence-corrected chi connectivity index (χ2v) is 9.63. The predicted octanol–water partition coefficient (Wildman–Crippen LogP) is 1.08. The number of nitrogens with two attached hydrogens (primary N) is 1. The molecule has 10 heteroatoms. The lowest BCUT2D eigenvalue weighted by Gasteiger charge is -2.09. The van der Waals surface area contributed by atoms with Crippen LogP contribution in [0.1, 0.15) is 5.56 Å². The van der Waals surface area contributed by atoms with Crippen LogP contribution in [0.3, 0.4) is 0 Å². The molecular formula is C19H19N3O5S2. The molecule has 0 saturated carbocycles. The third kappa shape index (κ3) is 5.39. The Hall–Kier alpha value is -2.79. The van der Waals surface area contributed by atoms with Crippen LogP contribution in [0, 0.1) is 0 Å². The molecule has 0 aliphatic rings. The van der Waals surface area contributed by atoms with Crippen molar-refractivity contribution in [3.05, 3.63) is 72.3 Å². The molecule has 0 spiro atoms. The Balaban J connectivity index is 1.57. The largest absolute Gasteiger partial charge is 0.351 e. The average Bonchev–Trinajstić information content (AvgIpc) is 2.70. The van der Waals surface area contributed by atoms with Gasteiger partial charge in [0.25, 0.3) is 0 Å². The molecule has 1 amide bonds. The molecule has 3 aromatic carbocycles. The van der Waals surface area contributed by atoms with Crippen LogP contribution >= 0.6 is 0 Å². The monoisotopic (exact) mass is 433 g/mol. The minimum Gasteiger partial charge on any atom is -0.351 e. The zero-order valence-electron chi connectivity index (χ0n) is 15.2. The van der Waals surface area contributed by atoms with Crippen molar-refractivity contribution in [1.29, 1.82) is 0 Å². The fourth-order valence-corrected chi connectivity index (χ4v) is 4.17. The van der Waals surface area contributed by atoms with Crippen LogP contribution in [0.2, 0.25) is 0 Å². The number of benzene rings is 3. The summed E-state index contributed by atoms with van der Waals surface area (Å²) in [5.74, 6) is -0.523. The first-order valence-corrected chi connectivity index (χ1v) is 11.5. The Bertz CT molecular complexity index is 1250. The topological polar surface area (TPSA) is 135 Å². The minimum absolute atomic E-state index is 0.0317. The van der Waals surface area contributed by atoms with E-state index >= 15 is 0 Å². The Morgan fingerprint density at radius 1 is 0.828 bits per heavy atom. The number of primary sulfonamides is 1. The van der Waals surface area contributed by atoms with Gasteiger partial charge in [0.2, 0.25) is 26.0 Å². The van der Waals surface area contributed by atoms with Crippen molar-refractivity contribution in [3.8, 4) is 0 Å². The summed E-state index contributed by atoms with van der Waals surface area (Å²) < 4.78 is 49.6. The standard InChI is InChI=1S/C19H19N3O5S2/c20-28(24,25)17-8-5-14(6-9-17)12-21-19(23)13-22-29(26,27)18-10-7-15-3-1-2-4-16(15)11-18/h1-11,22H,12-13H2,(H,21,23)(H2,20,24,25). The number of sulfonamides is 2. The molecule has 0 atom stereocenters. The molecule has 0 saturated heterocycles. The van der Waals surface area contributed by atoms with Crippen LogP contribution in [0.15, 0.2) is 76.5 Å². The molecule has 0 aliphatic carbocycles. The van der Waals surface area contributed by atoms with E-state index in [4.69, 9.17) is 5.14 Å². The third-order valence-electron chi connectivity index (χ3n) is 4.20. The Morgan fingerprint density at radius 3 is 2.10 bits per heavy atom. The number of amides is 1. The molecule has 0 aliphatic heterocycles. The van der Waals surface area contributed by atoms with Crippen LogP contribution in [0.25, 0.3) is 10.8 Å². The molecule has 3 rings (SSSR count). The molecule has 0 heterocycles. The summed E-state index contributed by atoms with van der Waals surface area (Å²) in [7, 11) is -7.62. The molecule has 0 radical (unpaired) electrons. The number of nitrogens with one attached hydrogen (secondary N) is 2. The molecule has 0 aromatic heterocycles. The zero-order valence-corrected chi connectivity index (χ0v) is 16.8. The predicted molar refractivity (Wildman–Crippen MR) is 109 cm³/mol. The van der Waals surface area contributed by atoms with Crippen LogP contribution in [0.4, 0.5) is 0 Å². The van der Waals surface area contributed by atoms with Gasteiger partial charge in [-0.25, -0.2) is 26.7 Å². The van der Waals surface area contributed by atoms with E-state index in [9.17, 15) is 21.6 Å². The molecule has 0 bridgehead atoms. The van der Waals surface area contributed by atoms with Crippen molar-refractivity contribution < 1.29 is 21.6 Å². The highest BCUT2D eigenvalue weighted by Crippen LogP contribution is 2.18. The molecule has 3 aromatic rings. The highest BCUT2D eigenvalue weighted by atomic mass is 32.2. The number of hydrogen-bond donors (Lipinski definition) is 3. The van der Waals surface area contributed by atoms with Crippen molar-refractivity contribution >= 4 is 36.7 Å². The maximum absolute atomic E-state index is 12.4. The van der Waals surface area contributed by atoms with Gasteiger partial charge in [0, 0.05) is 6.54 Å². The summed E-state index contributed by atoms with van der Waals surface area (Å²) in [4.78, 5) is 12.0. The van der Waals surface area contributed by atoms with E-state index in [1.54, 1.807) is 12.1 Å². The van der Waals surface area contributed by atoms with Gasteiger partial charge >= 0.3 is 0 Å². The van der Waals surface area contributed by atoms with Gasteiger partial charge in [-0.2, -0.15) is 0 Å². The molecular weight excluding hydrogens is 414 g/mol. The van der Waals surface area contributed by atoms with Gasteiger partial charge in [-0.15, -0.1) is 0 Å². The van der Waals surface area contributed by atoms with Gasteiger partial charge in [0.15, 0.2) is 0 Å². The summed E-state index contributed by atoms with van der Waals surface area (Å²) in [6, 6.07) is 17.8. The van der Waals surface area contributed by atoms with Gasteiger partial charge in [0.05, 0.1) is 16.3 Å². The zero-order chi connectivity index (χ0) is 21.1. The molecule has 0 fully saturated rings. The van der Waals surface area contributed by atoms with Crippen molar-refractivity contribution in [2.24, 2.45) is 5.14 Å². The Labute approximate surface area is 168 Å². The van der Waals surface area contributed by atoms with Crippen molar-refractivity contribution in [2.75, 3.05) is 6.54 Å². The second-order valence-electron chi connectivity index (χ2n) is 6.30. The summed E-state index contributed by atoms with van der Waals surface area (Å²) >= 11 is 0. The van der Waals surface area contributed by atoms with E-state index in [-0.39, 0.29) is 16.3 Å². The summed E-state index contributed by atoms with van der Waals surface area (Å²) in [6.07, 6.45) is 0. The van der Waals surface area contributed by atoms with Crippen LogP contribution in [-0.4, -0.2) is 29.3 Å². The Morgan fingerprint density at radius 2 is 1.45 bits per heavy atom. The van der Waals surface area contributed by atoms with Crippen LogP contribution in [-0.2, 0) is 31.4 Å². The van der Waals surface area contributed by atoms with E-state index in [1.807, 2.05) is 24.3 Å². The highest BCUT2D eigenvalue weighted by molar-refractivity contribution is 7.89. The first-order chi connectivity index (χ1) is 13.6. The molecule has 152 valence electrons. The van der Waals surface area contributed by atoms with Crippen LogP contribution in [0.5, 0.6) is 0 Å². The summed E-state index contributed by atoms with van der Waals surface area (Å²) in [5.41, 5.74) is 0.642. The summed E-state index contributed by atoms with van der Waals surface area (Å²) in [6.45, 7) is -0.314. The fourth-order valence-electron chi connectivity index (χ4n) is 2.64. The molecule has 8 nitrogen and oxygen atoms in total. The maximum Gasteiger partial charge on any atom is 0.241 e. The lowest BCUT2D eigenvalue weighted by Crippen LogP contribution is -2.36. The highest BCUT2D eigenvalue weighted by Gasteiger charge is 2.16. The lowest BCUT2D eigenvalue weighted by atomic mass is 10.1. The van der Waals surface area contributed by atoms with Gasteiger partial charge in [-0.1, -0.05) is 42.5 Å². The van der Waals surface area contributed by atoms with Gasteiger partial charge in [-0.05, 0) is 40.6 Å². The minimum atomic E-state index is -3.84. The van der Waals surface area contributed by atoms with E-state index in [0.717, 1.165) is 10.8 Å². The molecule has 0 unspecified atom stereocenters. The van der Waals surface area contributed by atoms with Crippen LogP contribution < -0.4 is 15.2 Å². The third-order valence-corrected chi connectivity index (χ3v) is 6.52. The molecule has 29 heavy (non-hydrogen) atoms. The Kier molecular flexibility index (Phi) is 5.99. The van der Waals surface area contributed by atoms with E-state index < -0.39 is 32.5 Å². The van der Waals surface area contributed by atoms with Gasteiger partial charge in [0.1, 0.15) is 0 Å².